The van der Waals surface area contributed by atoms with Gasteiger partial charge in [-0.1, -0.05) is 32.6 Å². The fourth-order valence-corrected chi connectivity index (χ4v) is 3.29. The van der Waals surface area contributed by atoms with E-state index in [0.717, 1.165) is 38.5 Å². The molecule has 0 aromatic carbocycles. The summed E-state index contributed by atoms with van der Waals surface area (Å²) in [6.45, 7) is 3.51. The second kappa shape index (κ2) is 8.25. The van der Waals surface area contributed by atoms with Gasteiger partial charge in [-0.15, -0.1) is 0 Å². The SMILES string of the molecule is CCCCNC(=O)[C@@H]1CCCN1C(=O)NC1CCCCC1. The summed E-state index contributed by atoms with van der Waals surface area (Å²) in [4.78, 5) is 26.3. The first kappa shape index (κ1) is 16.1. The van der Waals surface area contributed by atoms with E-state index in [2.05, 4.69) is 17.6 Å². The normalized spacial score (nSPS) is 23.1. The van der Waals surface area contributed by atoms with E-state index in [1.54, 1.807) is 4.90 Å². The van der Waals surface area contributed by atoms with Gasteiger partial charge in [0.1, 0.15) is 6.04 Å². The lowest BCUT2D eigenvalue weighted by atomic mass is 9.96. The van der Waals surface area contributed by atoms with Gasteiger partial charge in [0.25, 0.3) is 0 Å². The Balaban J connectivity index is 1.82. The number of nitrogens with one attached hydrogen (secondary N) is 2. The van der Waals surface area contributed by atoms with Gasteiger partial charge in [0.2, 0.25) is 5.91 Å². The zero-order valence-electron chi connectivity index (χ0n) is 13.2. The minimum Gasteiger partial charge on any atom is -0.354 e. The molecule has 0 aromatic rings. The first-order chi connectivity index (χ1) is 10.2. The molecule has 0 bridgehead atoms. The largest absolute Gasteiger partial charge is 0.354 e. The second-order valence-corrected chi connectivity index (χ2v) is 6.28. The summed E-state index contributed by atoms with van der Waals surface area (Å²) in [6.07, 6.45) is 9.60. The molecular weight excluding hydrogens is 266 g/mol. The van der Waals surface area contributed by atoms with Crippen molar-refractivity contribution >= 4 is 11.9 Å². The lowest BCUT2D eigenvalue weighted by molar-refractivity contribution is -0.124. The molecule has 5 nitrogen and oxygen atoms in total. The molecule has 1 saturated heterocycles. The van der Waals surface area contributed by atoms with Crippen LogP contribution in [0.2, 0.25) is 0 Å². The minimum absolute atomic E-state index is 0.0137. The van der Waals surface area contributed by atoms with Crippen molar-refractivity contribution in [3.8, 4) is 0 Å². The standard InChI is InChI=1S/C16H29N3O2/c1-2-3-11-17-15(20)14-10-7-12-19(14)16(21)18-13-8-5-4-6-9-13/h13-14H,2-12H2,1H3,(H,17,20)(H,18,21)/t14-/m0/s1. The van der Waals surface area contributed by atoms with Gasteiger partial charge in [0.15, 0.2) is 0 Å². The fraction of sp³-hybridized carbons (Fsp3) is 0.875. The summed E-state index contributed by atoms with van der Waals surface area (Å²) < 4.78 is 0. The molecule has 1 aliphatic carbocycles. The average Bonchev–Trinajstić information content (AvgIpc) is 2.98. The molecule has 0 radical (unpaired) electrons. The molecule has 1 atom stereocenters. The van der Waals surface area contributed by atoms with E-state index in [0.29, 0.717) is 19.1 Å². The van der Waals surface area contributed by atoms with Crippen LogP contribution >= 0.6 is 0 Å². The lowest BCUT2D eigenvalue weighted by Gasteiger charge is -2.29. The molecule has 2 fully saturated rings. The highest BCUT2D eigenvalue weighted by Crippen LogP contribution is 2.20. The molecular formula is C16H29N3O2. The van der Waals surface area contributed by atoms with E-state index in [-0.39, 0.29) is 18.0 Å². The van der Waals surface area contributed by atoms with Crippen LogP contribution in [0.25, 0.3) is 0 Å². The molecule has 5 heteroatoms. The quantitative estimate of drug-likeness (QED) is 0.765. The van der Waals surface area contributed by atoms with Gasteiger partial charge >= 0.3 is 6.03 Å². The Morgan fingerprint density at radius 1 is 1.10 bits per heavy atom. The van der Waals surface area contributed by atoms with Crippen molar-refractivity contribution in [3.05, 3.63) is 0 Å². The fourth-order valence-electron chi connectivity index (χ4n) is 3.29. The van der Waals surface area contributed by atoms with Gasteiger partial charge in [0.05, 0.1) is 0 Å². The highest BCUT2D eigenvalue weighted by atomic mass is 16.2. The van der Waals surface area contributed by atoms with E-state index < -0.39 is 0 Å². The first-order valence-electron chi connectivity index (χ1n) is 8.57. The van der Waals surface area contributed by atoms with E-state index in [1.807, 2.05) is 0 Å². The Morgan fingerprint density at radius 2 is 1.86 bits per heavy atom. The molecule has 2 aliphatic rings. The summed E-state index contributed by atoms with van der Waals surface area (Å²) >= 11 is 0. The van der Waals surface area contributed by atoms with Gasteiger partial charge in [-0.05, 0) is 32.1 Å². The van der Waals surface area contributed by atoms with E-state index in [1.165, 1.54) is 19.3 Å². The van der Waals surface area contributed by atoms with Gasteiger partial charge in [-0.2, -0.15) is 0 Å². The van der Waals surface area contributed by atoms with Crippen molar-refractivity contribution < 1.29 is 9.59 Å². The smallest absolute Gasteiger partial charge is 0.318 e. The molecule has 0 unspecified atom stereocenters. The Labute approximate surface area is 127 Å². The Kier molecular flexibility index (Phi) is 6.33. The number of hydrogen-bond acceptors (Lipinski definition) is 2. The van der Waals surface area contributed by atoms with Crippen LogP contribution in [0, 0.1) is 0 Å². The van der Waals surface area contributed by atoms with Crippen LogP contribution in [-0.4, -0.2) is 42.0 Å². The third-order valence-corrected chi connectivity index (χ3v) is 4.58. The van der Waals surface area contributed by atoms with Crippen molar-refractivity contribution in [2.75, 3.05) is 13.1 Å². The zero-order valence-corrected chi connectivity index (χ0v) is 13.2. The predicted octanol–water partition coefficient (Wildman–Crippen LogP) is 2.41. The molecule has 1 aliphatic heterocycles. The van der Waals surface area contributed by atoms with Crippen molar-refractivity contribution in [2.24, 2.45) is 0 Å². The summed E-state index contributed by atoms with van der Waals surface area (Å²) in [6, 6.07) is -0.0175. The van der Waals surface area contributed by atoms with Crippen LogP contribution in [-0.2, 0) is 4.79 Å². The van der Waals surface area contributed by atoms with Crippen molar-refractivity contribution in [1.82, 2.24) is 15.5 Å². The van der Waals surface area contributed by atoms with Gasteiger partial charge in [-0.25, -0.2) is 4.79 Å². The Morgan fingerprint density at radius 3 is 2.57 bits per heavy atom. The van der Waals surface area contributed by atoms with Crippen LogP contribution in [0.1, 0.15) is 64.7 Å². The monoisotopic (exact) mass is 295 g/mol. The summed E-state index contributed by atoms with van der Waals surface area (Å²) in [5.41, 5.74) is 0. The number of urea groups is 1. The highest BCUT2D eigenvalue weighted by Gasteiger charge is 2.34. The summed E-state index contributed by atoms with van der Waals surface area (Å²) in [7, 11) is 0. The third-order valence-electron chi connectivity index (χ3n) is 4.58. The number of amides is 3. The number of hydrogen-bond donors (Lipinski definition) is 2. The van der Waals surface area contributed by atoms with Crippen LogP contribution in [0.3, 0.4) is 0 Å². The molecule has 1 heterocycles. The zero-order chi connectivity index (χ0) is 15.1. The third kappa shape index (κ3) is 4.61. The topological polar surface area (TPSA) is 61.4 Å². The first-order valence-corrected chi connectivity index (χ1v) is 8.57. The van der Waals surface area contributed by atoms with Crippen LogP contribution < -0.4 is 10.6 Å². The van der Waals surface area contributed by atoms with Crippen LogP contribution in [0.15, 0.2) is 0 Å². The van der Waals surface area contributed by atoms with Gasteiger partial charge in [0, 0.05) is 19.1 Å². The van der Waals surface area contributed by atoms with E-state index >= 15 is 0 Å². The second-order valence-electron chi connectivity index (χ2n) is 6.28. The van der Waals surface area contributed by atoms with E-state index in [4.69, 9.17) is 0 Å². The Hall–Kier alpha value is -1.26. The summed E-state index contributed by atoms with van der Waals surface area (Å²) in [5.74, 6) is 0.0137. The molecule has 21 heavy (non-hydrogen) atoms. The minimum atomic E-state index is -0.273. The summed E-state index contributed by atoms with van der Waals surface area (Å²) in [5, 5.41) is 6.07. The maximum Gasteiger partial charge on any atom is 0.318 e. The van der Waals surface area contributed by atoms with Crippen molar-refractivity contribution in [1.29, 1.82) is 0 Å². The molecule has 3 amide bonds. The van der Waals surface area contributed by atoms with Crippen molar-refractivity contribution in [3.63, 3.8) is 0 Å². The molecule has 120 valence electrons. The predicted molar refractivity (Wildman–Crippen MR) is 83.1 cm³/mol. The number of nitrogens with zero attached hydrogens (tertiary/aromatic N) is 1. The number of likely N-dealkylation sites (tertiary alicyclic amines) is 1. The molecule has 2 N–H and O–H groups in total. The maximum absolute atomic E-state index is 12.4. The van der Waals surface area contributed by atoms with Gasteiger partial charge < -0.3 is 15.5 Å². The average molecular weight is 295 g/mol. The van der Waals surface area contributed by atoms with Crippen molar-refractivity contribution in [2.45, 2.75) is 76.8 Å². The lowest BCUT2D eigenvalue weighted by Crippen LogP contribution is -2.52. The number of carbonyl (C=O) groups is 2. The Bertz CT molecular complexity index is 353. The molecule has 2 rings (SSSR count). The maximum atomic E-state index is 12.4. The number of unbranched alkanes of at least 4 members (excludes halogenated alkanes) is 1. The molecule has 0 spiro atoms. The van der Waals surface area contributed by atoms with E-state index in [9.17, 15) is 9.59 Å². The highest BCUT2D eigenvalue weighted by molar-refractivity contribution is 5.87. The number of carbonyl (C=O) groups excluding carboxylic acids is 2. The molecule has 1 saturated carbocycles. The number of rotatable bonds is 5. The molecule has 0 aromatic heterocycles. The van der Waals surface area contributed by atoms with Crippen LogP contribution in [0.5, 0.6) is 0 Å². The van der Waals surface area contributed by atoms with Gasteiger partial charge in [-0.3, -0.25) is 4.79 Å². The van der Waals surface area contributed by atoms with Crippen LogP contribution in [0.4, 0.5) is 4.79 Å².